The topological polar surface area (TPSA) is 103 Å². The van der Waals surface area contributed by atoms with Crippen molar-refractivity contribution < 1.29 is 33.3 Å². The maximum Gasteiger partial charge on any atom is 0.412 e. The van der Waals surface area contributed by atoms with Crippen LogP contribution in [0.4, 0.5) is 4.79 Å². The second-order valence-electron chi connectivity index (χ2n) is 7.77. The quantitative estimate of drug-likeness (QED) is 0.284. The molecule has 0 aliphatic carbocycles. The van der Waals surface area contributed by atoms with E-state index in [9.17, 15) is 14.4 Å². The van der Waals surface area contributed by atoms with E-state index in [1.165, 1.54) is 11.0 Å². The van der Waals surface area contributed by atoms with Gasteiger partial charge in [0, 0.05) is 6.54 Å². The van der Waals surface area contributed by atoms with Gasteiger partial charge in [-0.15, -0.1) is 0 Å². The molecule has 0 spiro atoms. The molecule has 1 N–H and O–H groups in total. The molecule has 0 aromatic rings. The number of hydrogen-bond acceptors (Lipinski definition) is 8. The third-order valence-corrected chi connectivity index (χ3v) is 3.82. The fraction of sp³-hybridized carbons (Fsp3) is 0.737. The van der Waals surface area contributed by atoms with Crippen LogP contribution in [-0.2, 0) is 28.5 Å². The normalized spacial score (nSPS) is 19.6. The summed E-state index contributed by atoms with van der Waals surface area (Å²) in [6.07, 6.45) is 0.862. The summed E-state index contributed by atoms with van der Waals surface area (Å²) in [6.45, 7) is 14.3. The van der Waals surface area contributed by atoms with Crippen LogP contribution in [0.1, 0.15) is 41.5 Å². The molecule has 1 fully saturated rings. The van der Waals surface area contributed by atoms with Gasteiger partial charge in [0.25, 0.3) is 0 Å². The minimum atomic E-state index is -1.32. The summed E-state index contributed by atoms with van der Waals surface area (Å²) < 4.78 is 21.1. The lowest BCUT2D eigenvalue weighted by Gasteiger charge is -2.35. The molecule has 28 heavy (non-hydrogen) atoms. The monoisotopic (exact) mass is 400 g/mol. The Morgan fingerprint density at radius 3 is 2.43 bits per heavy atom. The van der Waals surface area contributed by atoms with Gasteiger partial charge in [-0.25, -0.2) is 14.4 Å². The van der Waals surface area contributed by atoms with Gasteiger partial charge in [0.1, 0.15) is 17.9 Å². The van der Waals surface area contributed by atoms with Crippen LogP contribution in [0.2, 0.25) is 0 Å². The number of hydrogen-bond donors (Lipinski definition) is 1. The Bertz CT molecular complexity index is 583. The SMILES string of the molecule is C=CCOC(=O)C(NC[C@@H]1COC(C)(C)N1C(=O)OC(C)(C)C)C(=O)OCC. The van der Waals surface area contributed by atoms with E-state index in [1.54, 1.807) is 41.5 Å². The lowest BCUT2D eigenvalue weighted by Crippen LogP contribution is -2.55. The molecule has 9 heteroatoms. The summed E-state index contributed by atoms with van der Waals surface area (Å²) in [4.78, 5) is 38.4. The van der Waals surface area contributed by atoms with Crippen LogP contribution in [0.3, 0.4) is 0 Å². The molecule has 0 aromatic heterocycles. The van der Waals surface area contributed by atoms with Crippen molar-refractivity contribution >= 4 is 18.0 Å². The van der Waals surface area contributed by atoms with Crippen molar-refractivity contribution in [3.63, 3.8) is 0 Å². The summed E-state index contributed by atoms with van der Waals surface area (Å²) in [6, 6.07) is -1.77. The molecule has 1 amide bonds. The Morgan fingerprint density at radius 1 is 1.29 bits per heavy atom. The molecule has 0 radical (unpaired) electrons. The molecular formula is C19H32N2O7. The van der Waals surface area contributed by atoms with Gasteiger partial charge in [-0.1, -0.05) is 12.7 Å². The Labute approximate surface area is 166 Å². The molecule has 1 aliphatic rings. The van der Waals surface area contributed by atoms with Crippen molar-refractivity contribution in [2.24, 2.45) is 0 Å². The molecular weight excluding hydrogens is 368 g/mol. The maximum absolute atomic E-state index is 12.6. The van der Waals surface area contributed by atoms with Crippen molar-refractivity contribution in [2.45, 2.75) is 65.0 Å². The molecule has 160 valence electrons. The minimum Gasteiger partial charge on any atom is -0.464 e. The molecule has 1 unspecified atom stereocenters. The van der Waals surface area contributed by atoms with Crippen LogP contribution >= 0.6 is 0 Å². The lowest BCUT2D eigenvalue weighted by atomic mass is 10.2. The molecule has 1 aliphatic heterocycles. The molecule has 1 saturated heterocycles. The van der Waals surface area contributed by atoms with Gasteiger partial charge in [-0.3, -0.25) is 10.2 Å². The van der Waals surface area contributed by atoms with E-state index >= 15 is 0 Å². The van der Waals surface area contributed by atoms with E-state index in [1.807, 2.05) is 0 Å². The number of carbonyl (C=O) groups is 3. The van der Waals surface area contributed by atoms with Gasteiger partial charge < -0.3 is 18.9 Å². The zero-order valence-electron chi connectivity index (χ0n) is 17.6. The number of nitrogens with zero attached hydrogens (tertiary/aromatic N) is 1. The molecule has 0 aromatic carbocycles. The second-order valence-corrected chi connectivity index (χ2v) is 7.77. The molecule has 2 atom stereocenters. The third kappa shape index (κ3) is 6.79. The van der Waals surface area contributed by atoms with E-state index in [4.69, 9.17) is 18.9 Å². The predicted octanol–water partition coefficient (Wildman–Crippen LogP) is 1.61. The van der Waals surface area contributed by atoms with E-state index < -0.39 is 41.4 Å². The van der Waals surface area contributed by atoms with Gasteiger partial charge in [-0.05, 0) is 41.5 Å². The molecule has 9 nitrogen and oxygen atoms in total. The first-order chi connectivity index (χ1) is 12.9. The summed E-state index contributed by atoms with van der Waals surface area (Å²) in [5.74, 6) is -1.53. The smallest absolute Gasteiger partial charge is 0.412 e. The van der Waals surface area contributed by atoms with Crippen molar-refractivity contribution in [3.8, 4) is 0 Å². The first kappa shape index (κ1) is 23.9. The highest BCUT2D eigenvalue weighted by Gasteiger charge is 2.46. The van der Waals surface area contributed by atoms with Crippen LogP contribution in [0.25, 0.3) is 0 Å². The molecule has 1 rings (SSSR count). The Morgan fingerprint density at radius 2 is 1.89 bits per heavy atom. The Balaban J connectivity index is 2.88. The highest BCUT2D eigenvalue weighted by molar-refractivity contribution is 5.99. The number of carbonyl (C=O) groups excluding carboxylic acids is 3. The van der Waals surface area contributed by atoms with Crippen molar-refractivity contribution in [2.75, 3.05) is 26.4 Å². The van der Waals surface area contributed by atoms with Crippen molar-refractivity contribution in [3.05, 3.63) is 12.7 Å². The number of nitrogens with one attached hydrogen (secondary N) is 1. The first-order valence-corrected chi connectivity index (χ1v) is 9.26. The minimum absolute atomic E-state index is 0.0278. The predicted molar refractivity (Wildman–Crippen MR) is 101 cm³/mol. The van der Waals surface area contributed by atoms with Crippen molar-refractivity contribution in [1.82, 2.24) is 10.2 Å². The number of esters is 2. The summed E-state index contributed by atoms with van der Waals surface area (Å²) in [5, 5.41) is 2.83. The van der Waals surface area contributed by atoms with Gasteiger partial charge in [0.05, 0.1) is 19.3 Å². The number of amides is 1. The standard InChI is InChI=1S/C19H32N2O7/c1-8-10-26-16(23)14(15(22)25-9-2)20-11-13-12-27-19(6,7)21(13)17(24)28-18(3,4)5/h8,13-14,20H,1,9-12H2,2-7H3/t13-,14?/m1/s1. The fourth-order valence-electron chi connectivity index (χ4n) is 2.68. The molecule has 1 heterocycles. The summed E-state index contributed by atoms with van der Waals surface area (Å²) in [5.41, 5.74) is -1.56. The molecule has 0 bridgehead atoms. The zero-order chi connectivity index (χ0) is 21.5. The van der Waals surface area contributed by atoms with Crippen molar-refractivity contribution in [1.29, 1.82) is 0 Å². The van der Waals surface area contributed by atoms with E-state index in [0.29, 0.717) is 0 Å². The van der Waals surface area contributed by atoms with E-state index in [2.05, 4.69) is 11.9 Å². The lowest BCUT2D eigenvalue weighted by molar-refractivity contribution is -0.157. The largest absolute Gasteiger partial charge is 0.464 e. The van der Waals surface area contributed by atoms with Gasteiger partial charge in [0.15, 0.2) is 0 Å². The van der Waals surface area contributed by atoms with Crippen LogP contribution in [0.5, 0.6) is 0 Å². The summed E-state index contributed by atoms with van der Waals surface area (Å²) in [7, 11) is 0. The molecule has 0 saturated carbocycles. The van der Waals surface area contributed by atoms with E-state index in [0.717, 1.165) is 0 Å². The van der Waals surface area contributed by atoms with Crippen LogP contribution in [-0.4, -0.2) is 72.7 Å². The highest BCUT2D eigenvalue weighted by Crippen LogP contribution is 2.29. The average molecular weight is 400 g/mol. The Kier molecular flexibility index (Phi) is 8.44. The van der Waals surface area contributed by atoms with Gasteiger partial charge in [0.2, 0.25) is 6.04 Å². The van der Waals surface area contributed by atoms with Gasteiger partial charge >= 0.3 is 18.0 Å². The number of rotatable bonds is 8. The van der Waals surface area contributed by atoms with Gasteiger partial charge in [-0.2, -0.15) is 0 Å². The first-order valence-electron chi connectivity index (χ1n) is 9.26. The maximum atomic E-state index is 12.6. The third-order valence-electron chi connectivity index (χ3n) is 3.82. The fourth-order valence-corrected chi connectivity index (χ4v) is 2.68. The van der Waals surface area contributed by atoms with Crippen LogP contribution in [0.15, 0.2) is 12.7 Å². The van der Waals surface area contributed by atoms with Crippen LogP contribution in [0, 0.1) is 0 Å². The second kappa shape index (κ2) is 9.88. The zero-order valence-corrected chi connectivity index (χ0v) is 17.6. The van der Waals surface area contributed by atoms with E-state index in [-0.39, 0.29) is 26.4 Å². The average Bonchev–Trinajstić information content (AvgIpc) is 2.86. The van der Waals surface area contributed by atoms with Crippen LogP contribution < -0.4 is 5.32 Å². The number of ether oxygens (including phenoxy) is 4. The Hall–Kier alpha value is -2.13. The summed E-state index contributed by atoms with van der Waals surface area (Å²) >= 11 is 0. The highest BCUT2D eigenvalue weighted by atomic mass is 16.6.